The molecule has 1 heterocycles. The number of amides is 3. The topological polar surface area (TPSA) is 139 Å². The molecule has 2 rings (SSSR count). The van der Waals surface area contributed by atoms with Gasteiger partial charge in [-0.2, -0.15) is 8.42 Å². The highest BCUT2D eigenvalue weighted by atomic mass is 35.5. The van der Waals surface area contributed by atoms with Gasteiger partial charge in [-0.3, -0.25) is 19.2 Å². The fraction of sp³-hybridized carbons (Fsp3) is 0.474. The van der Waals surface area contributed by atoms with Crippen molar-refractivity contribution in [2.24, 2.45) is 5.92 Å². The van der Waals surface area contributed by atoms with Crippen molar-refractivity contribution in [2.45, 2.75) is 37.6 Å². The zero-order valence-electron chi connectivity index (χ0n) is 16.7. The monoisotopic (exact) mass is 475 g/mol. The van der Waals surface area contributed by atoms with Gasteiger partial charge in [0, 0.05) is 19.4 Å². The Balaban J connectivity index is 2.32. The van der Waals surface area contributed by atoms with Crippen molar-refractivity contribution < 1.29 is 31.5 Å². The Bertz CT molecular complexity index is 971. The molecule has 0 bridgehead atoms. The number of carbonyl (C=O) groups is 4. The second-order valence-corrected chi connectivity index (χ2v) is 8.82. The molecule has 0 spiro atoms. The quantitative estimate of drug-likeness (QED) is 0.332. The lowest BCUT2D eigenvalue weighted by Crippen LogP contribution is -2.48. The van der Waals surface area contributed by atoms with Crippen LogP contribution in [0.15, 0.2) is 24.3 Å². The molecule has 1 aliphatic rings. The van der Waals surface area contributed by atoms with Crippen molar-refractivity contribution >= 4 is 45.3 Å². The Morgan fingerprint density at radius 1 is 1.26 bits per heavy atom. The van der Waals surface area contributed by atoms with Crippen LogP contribution >= 0.6 is 11.6 Å². The van der Waals surface area contributed by atoms with E-state index in [2.05, 4.69) is 16.0 Å². The lowest BCUT2D eigenvalue weighted by molar-refractivity contribution is -0.131. The van der Waals surface area contributed by atoms with Gasteiger partial charge in [-0.05, 0) is 24.0 Å². The van der Waals surface area contributed by atoms with E-state index in [0.29, 0.717) is 13.0 Å². The average molecular weight is 476 g/mol. The van der Waals surface area contributed by atoms with Crippen molar-refractivity contribution in [2.75, 3.05) is 12.4 Å². The van der Waals surface area contributed by atoms with E-state index in [-0.39, 0.29) is 23.5 Å². The maximum Gasteiger partial charge on any atom is 0.306 e. The van der Waals surface area contributed by atoms with Crippen molar-refractivity contribution in [1.29, 1.82) is 0 Å². The average Bonchev–Trinajstić information content (AvgIpc) is 3.08. The largest absolute Gasteiger partial charge is 0.356 e. The summed E-state index contributed by atoms with van der Waals surface area (Å²) in [7, 11) is -4.91. The minimum atomic E-state index is -4.91. The number of alkyl halides is 1. The molecule has 0 radical (unpaired) electrons. The van der Waals surface area contributed by atoms with Crippen LogP contribution in [-0.2, 0) is 35.2 Å². The first-order chi connectivity index (χ1) is 14.5. The second-order valence-electron chi connectivity index (χ2n) is 7.19. The fourth-order valence-electron chi connectivity index (χ4n) is 3.39. The molecule has 0 aliphatic carbocycles. The zero-order chi connectivity index (χ0) is 23.2. The molecule has 9 nitrogen and oxygen atoms in total. The Hall–Kier alpha value is -2.53. The number of Topliss-reactive ketones (excluding diaryl/α,β-unsaturated/α-hetero) is 1. The number of rotatable bonds is 10. The van der Waals surface area contributed by atoms with Gasteiger partial charge in [0.1, 0.15) is 11.8 Å². The lowest BCUT2D eigenvalue weighted by atomic mass is 9.95. The van der Waals surface area contributed by atoms with Gasteiger partial charge in [0.05, 0.1) is 11.9 Å². The van der Waals surface area contributed by atoms with E-state index in [1.807, 2.05) is 0 Å². The highest BCUT2D eigenvalue weighted by Crippen LogP contribution is 2.23. The summed E-state index contributed by atoms with van der Waals surface area (Å²) >= 11 is 5.65. The molecular weight excluding hydrogens is 453 g/mol. The minimum Gasteiger partial charge on any atom is -0.356 e. The van der Waals surface area contributed by atoms with Crippen molar-refractivity contribution in [1.82, 2.24) is 16.0 Å². The summed E-state index contributed by atoms with van der Waals surface area (Å²) in [5.41, 5.74) is 0.0430. The molecule has 3 atom stereocenters. The molecule has 3 unspecified atom stereocenters. The number of benzene rings is 1. The van der Waals surface area contributed by atoms with Gasteiger partial charge in [0.2, 0.25) is 17.7 Å². The molecule has 0 aromatic heterocycles. The summed E-state index contributed by atoms with van der Waals surface area (Å²) in [5, 5.41) is 7.54. The lowest BCUT2D eigenvalue weighted by Gasteiger charge is -2.24. The van der Waals surface area contributed by atoms with Gasteiger partial charge in [0.15, 0.2) is 5.78 Å². The fourth-order valence-corrected chi connectivity index (χ4v) is 4.21. The Labute approximate surface area is 184 Å². The van der Waals surface area contributed by atoms with Crippen molar-refractivity contribution in [3.8, 4) is 0 Å². The molecule has 1 aliphatic heterocycles. The first-order valence-corrected chi connectivity index (χ1v) is 11.5. The molecular formula is C19H23ClFN3O6S. The van der Waals surface area contributed by atoms with E-state index < -0.39 is 57.5 Å². The normalized spacial score (nSPS) is 18.0. The predicted molar refractivity (Wildman–Crippen MR) is 110 cm³/mol. The van der Waals surface area contributed by atoms with E-state index in [4.69, 9.17) is 11.6 Å². The molecule has 1 aromatic rings. The molecule has 0 saturated carbocycles. The van der Waals surface area contributed by atoms with E-state index in [0.717, 1.165) is 6.92 Å². The maximum absolute atomic E-state index is 13.3. The maximum atomic E-state index is 13.3. The van der Waals surface area contributed by atoms with Gasteiger partial charge in [-0.25, -0.2) is 0 Å². The van der Waals surface area contributed by atoms with Crippen LogP contribution in [0.1, 0.15) is 36.9 Å². The predicted octanol–water partition coefficient (Wildman–Crippen LogP) is 0.482. The Kier molecular flexibility index (Phi) is 8.52. The van der Waals surface area contributed by atoms with Crippen LogP contribution in [-0.4, -0.2) is 50.4 Å². The van der Waals surface area contributed by atoms with E-state index in [1.165, 1.54) is 24.3 Å². The van der Waals surface area contributed by atoms with E-state index >= 15 is 0 Å². The van der Waals surface area contributed by atoms with Crippen LogP contribution in [0.3, 0.4) is 0 Å². The van der Waals surface area contributed by atoms with Crippen LogP contribution in [0.25, 0.3) is 0 Å². The minimum absolute atomic E-state index is 0.0192. The smallest absolute Gasteiger partial charge is 0.306 e. The first kappa shape index (κ1) is 24.7. The summed E-state index contributed by atoms with van der Waals surface area (Å²) < 4.78 is 35.6. The summed E-state index contributed by atoms with van der Waals surface area (Å²) in [6, 6.07) is 3.18. The van der Waals surface area contributed by atoms with Crippen molar-refractivity contribution in [3.63, 3.8) is 0 Å². The van der Waals surface area contributed by atoms with Crippen LogP contribution in [0.2, 0.25) is 0 Å². The van der Waals surface area contributed by atoms with Crippen LogP contribution in [0.4, 0.5) is 3.89 Å². The zero-order valence-corrected chi connectivity index (χ0v) is 18.3. The number of hydrogen-bond donors (Lipinski definition) is 3. The molecule has 3 N–H and O–H groups in total. The molecule has 1 fully saturated rings. The van der Waals surface area contributed by atoms with Gasteiger partial charge in [-0.1, -0.05) is 24.3 Å². The van der Waals surface area contributed by atoms with Gasteiger partial charge in [-0.15, -0.1) is 15.5 Å². The highest BCUT2D eigenvalue weighted by molar-refractivity contribution is 7.85. The molecule has 1 aromatic carbocycles. The summed E-state index contributed by atoms with van der Waals surface area (Å²) in [4.78, 5) is 48.9. The third kappa shape index (κ3) is 7.28. The van der Waals surface area contributed by atoms with Gasteiger partial charge in [0.25, 0.3) is 0 Å². The number of ketones is 1. The first-order valence-electron chi connectivity index (χ1n) is 9.45. The van der Waals surface area contributed by atoms with Gasteiger partial charge < -0.3 is 16.0 Å². The molecule has 170 valence electrons. The summed E-state index contributed by atoms with van der Waals surface area (Å²) in [6.07, 6.45) is 0.517. The van der Waals surface area contributed by atoms with Gasteiger partial charge >= 0.3 is 10.2 Å². The molecule has 31 heavy (non-hydrogen) atoms. The number of hydrogen-bond acceptors (Lipinski definition) is 6. The second kappa shape index (κ2) is 10.7. The molecule has 1 saturated heterocycles. The summed E-state index contributed by atoms with van der Waals surface area (Å²) in [6.45, 7) is 1.61. The molecule has 12 heteroatoms. The Morgan fingerprint density at radius 2 is 1.94 bits per heavy atom. The number of carbonyl (C=O) groups excluding carboxylic acids is 4. The van der Waals surface area contributed by atoms with E-state index in [9.17, 15) is 31.5 Å². The van der Waals surface area contributed by atoms with Crippen LogP contribution in [0.5, 0.6) is 0 Å². The number of nitrogens with one attached hydrogen (secondary N) is 3. The summed E-state index contributed by atoms with van der Waals surface area (Å²) in [5.74, 6) is -4.05. The van der Waals surface area contributed by atoms with E-state index in [1.54, 1.807) is 0 Å². The van der Waals surface area contributed by atoms with Crippen LogP contribution < -0.4 is 16.0 Å². The van der Waals surface area contributed by atoms with Crippen molar-refractivity contribution in [3.05, 3.63) is 35.4 Å². The third-order valence-electron chi connectivity index (χ3n) is 4.82. The standard InChI is InChI=1S/C19H23ClFN3O6S/c1-11(25)23-17(14-5-3-2-4-13(14)10-31(21,29)30)19(28)24-15(16(26)9-20)8-12-6-7-22-18(12)27/h2-5,12,15,17H,6-10H2,1H3,(H,22,27)(H,23,25)(H,24,28). The Morgan fingerprint density at radius 3 is 2.48 bits per heavy atom. The third-order valence-corrected chi connectivity index (χ3v) is 5.74. The highest BCUT2D eigenvalue weighted by Gasteiger charge is 2.33. The SMILES string of the molecule is CC(=O)NC(C(=O)NC(CC1CCNC1=O)C(=O)CCl)c1ccccc1CS(=O)(=O)F. The van der Waals surface area contributed by atoms with Crippen LogP contribution in [0, 0.1) is 5.92 Å². The number of halogens is 2. The molecule has 3 amide bonds.